The molecule has 0 aliphatic heterocycles. The molecule has 1 unspecified atom stereocenters. The average Bonchev–Trinajstić information content (AvgIpc) is 2.74. The number of nitrogens with one attached hydrogen (secondary N) is 1. The molecule has 1 heterocycles. The molecule has 0 saturated carbocycles. The smallest absolute Gasteiger partial charge is 0.272 e. The van der Waals surface area contributed by atoms with Gasteiger partial charge in [-0.1, -0.05) is 37.3 Å². The Bertz CT molecular complexity index is 604. The Morgan fingerprint density at radius 2 is 2.05 bits per heavy atom. The summed E-state index contributed by atoms with van der Waals surface area (Å²) in [5, 5.41) is 7.21. The highest BCUT2D eigenvalue weighted by atomic mass is 16.2. The van der Waals surface area contributed by atoms with Crippen molar-refractivity contribution in [2.75, 3.05) is 5.73 Å². The summed E-state index contributed by atoms with van der Waals surface area (Å²) in [5.74, 6) is -0.200. The molecule has 0 fully saturated rings. The molecule has 0 bridgehead atoms. The largest absolute Gasteiger partial charge is 0.395 e. The normalized spacial score (nSPS) is 12.2. The van der Waals surface area contributed by atoms with E-state index in [1.54, 1.807) is 11.7 Å². The third kappa shape index (κ3) is 2.66. The van der Waals surface area contributed by atoms with Gasteiger partial charge in [0, 0.05) is 7.05 Å². The summed E-state index contributed by atoms with van der Waals surface area (Å²) in [6.07, 6.45) is 0.710. The van der Waals surface area contributed by atoms with Gasteiger partial charge in [0.25, 0.3) is 5.91 Å². The summed E-state index contributed by atoms with van der Waals surface area (Å²) in [6.45, 7) is 3.91. The van der Waals surface area contributed by atoms with E-state index in [4.69, 9.17) is 5.73 Å². The first kappa shape index (κ1) is 14.1. The first-order valence-corrected chi connectivity index (χ1v) is 6.71. The molecule has 0 spiro atoms. The second kappa shape index (κ2) is 5.77. The van der Waals surface area contributed by atoms with Gasteiger partial charge in [-0.3, -0.25) is 9.48 Å². The third-order valence-corrected chi connectivity index (χ3v) is 3.36. The van der Waals surface area contributed by atoms with E-state index in [0.717, 1.165) is 11.3 Å². The molecule has 0 aliphatic carbocycles. The third-order valence-electron chi connectivity index (χ3n) is 3.36. The Hall–Kier alpha value is -2.30. The van der Waals surface area contributed by atoms with Crippen LogP contribution in [0.15, 0.2) is 30.3 Å². The van der Waals surface area contributed by atoms with Gasteiger partial charge in [0.05, 0.1) is 17.4 Å². The van der Waals surface area contributed by atoms with Crippen LogP contribution in [0.1, 0.15) is 41.6 Å². The number of carbonyl (C=O) groups excluding carboxylic acids is 1. The van der Waals surface area contributed by atoms with Crippen molar-refractivity contribution in [1.82, 2.24) is 15.1 Å². The zero-order valence-corrected chi connectivity index (χ0v) is 12.1. The lowest BCUT2D eigenvalue weighted by Crippen LogP contribution is -2.29. The van der Waals surface area contributed by atoms with E-state index < -0.39 is 0 Å². The Morgan fingerprint density at radius 3 is 2.60 bits per heavy atom. The first-order valence-electron chi connectivity index (χ1n) is 6.71. The second-order valence-electron chi connectivity index (χ2n) is 4.79. The minimum absolute atomic E-state index is 0.0805. The van der Waals surface area contributed by atoms with Crippen molar-refractivity contribution in [3.63, 3.8) is 0 Å². The van der Waals surface area contributed by atoms with Crippen molar-refractivity contribution in [2.24, 2.45) is 7.05 Å². The van der Waals surface area contributed by atoms with Crippen LogP contribution < -0.4 is 11.1 Å². The molecular weight excluding hydrogens is 252 g/mol. The predicted octanol–water partition coefficient (Wildman–Crippen LogP) is 2.06. The van der Waals surface area contributed by atoms with Gasteiger partial charge in [0.1, 0.15) is 5.69 Å². The van der Waals surface area contributed by atoms with Crippen molar-refractivity contribution >= 4 is 11.6 Å². The molecule has 1 aromatic carbocycles. The van der Waals surface area contributed by atoms with Gasteiger partial charge in [0.2, 0.25) is 0 Å². The highest BCUT2D eigenvalue weighted by Gasteiger charge is 2.20. The van der Waals surface area contributed by atoms with E-state index in [2.05, 4.69) is 10.4 Å². The molecule has 20 heavy (non-hydrogen) atoms. The van der Waals surface area contributed by atoms with Gasteiger partial charge < -0.3 is 11.1 Å². The molecule has 2 aromatic rings. The maximum atomic E-state index is 12.3. The number of nitrogen functional groups attached to an aromatic ring is 1. The van der Waals surface area contributed by atoms with Crippen LogP contribution >= 0.6 is 0 Å². The van der Waals surface area contributed by atoms with E-state index in [1.807, 2.05) is 44.2 Å². The van der Waals surface area contributed by atoms with Crippen LogP contribution in [0.2, 0.25) is 0 Å². The summed E-state index contributed by atoms with van der Waals surface area (Å²) < 4.78 is 1.54. The Balaban J connectivity index is 2.19. The van der Waals surface area contributed by atoms with Gasteiger partial charge in [-0.05, 0) is 18.9 Å². The van der Waals surface area contributed by atoms with Crippen LogP contribution in [0, 0.1) is 0 Å². The van der Waals surface area contributed by atoms with Crippen molar-refractivity contribution in [3.8, 4) is 0 Å². The molecule has 0 radical (unpaired) electrons. The monoisotopic (exact) mass is 272 g/mol. The number of benzene rings is 1. The van der Waals surface area contributed by atoms with E-state index >= 15 is 0 Å². The van der Waals surface area contributed by atoms with Gasteiger partial charge in [-0.15, -0.1) is 0 Å². The lowest BCUT2D eigenvalue weighted by molar-refractivity contribution is 0.0931. The number of amides is 1. The van der Waals surface area contributed by atoms with Crippen molar-refractivity contribution in [2.45, 2.75) is 26.3 Å². The maximum Gasteiger partial charge on any atom is 0.272 e. The number of hydrogen-bond acceptors (Lipinski definition) is 3. The number of aryl methyl sites for hydroxylation is 2. The van der Waals surface area contributed by atoms with Crippen molar-refractivity contribution in [3.05, 3.63) is 47.3 Å². The van der Waals surface area contributed by atoms with Crippen LogP contribution in [0.25, 0.3) is 0 Å². The minimum atomic E-state index is -0.200. The highest BCUT2D eigenvalue weighted by molar-refractivity contribution is 5.98. The molecule has 0 saturated heterocycles. The van der Waals surface area contributed by atoms with E-state index in [9.17, 15) is 4.79 Å². The number of carbonyl (C=O) groups is 1. The molecule has 3 N–H and O–H groups in total. The summed E-state index contributed by atoms with van der Waals surface area (Å²) in [4.78, 5) is 12.3. The number of nitrogens with two attached hydrogens (primary N) is 1. The van der Waals surface area contributed by atoms with Crippen LogP contribution in [0.3, 0.4) is 0 Å². The molecule has 106 valence electrons. The van der Waals surface area contributed by atoms with Gasteiger partial charge in [-0.2, -0.15) is 5.10 Å². The topological polar surface area (TPSA) is 72.9 Å². The second-order valence-corrected chi connectivity index (χ2v) is 4.79. The van der Waals surface area contributed by atoms with Crippen LogP contribution in [0.5, 0.6) is 0 Å². The van der Waals surface area contributed by atoms with Crippen LogP contribution in [-0.2, 0) is 13.5 Å². The van der Waals surface area contributed by atoms with Gasteiger partial charge >= 0.3 is 0 Å². The maximum absolute atomic E-state index is 12.3. The lowest BCUT2D eigenvalue weighted by atomic mass is 10.1. The molecule has 1 amide bonds. The number of hydrogen-bond donors (Lipinski definition) is 2. The van der Waals surface area contributed by atoms with Crippen LogP contribution in [-0.4, -0.2) is 15.7 Å². The molecule has 5 heteroatoms. The highest BCUT2D eigenvalue weighted by Crippen LogP contribution is 2.18. The fourth-order valence-corrected chi connectivity index (χ4v) is 2.22. The molecule has 5 nitrogen and oxygen atoms in total. The summed E-state index contributed by atoms with van der Waals surface area (Å²) in [5.41, 5.74) is 8.68. The van der Waals surface area contributed by atoms with E-state index in [0.29, 0.717) is 17.8 Å². The van der Waals surface area contributed by atoms with Gasteiger partial charge in [0.15, 0.2) is 0 Å². The molecule has 0 aliphatic rings. The summed E-state index contributed by atoms with van der Waals surface area (Å²) in [6, 6.07) is 9.73. The number of anilines is 1. The first-order chi connectivity index (χ1) is 9.54. The SMILES string of the molecule is CCc1nn(C)c(C(=O)NC(C)c2ccccc2)c1N. The Morgan fingerprint density at radius 1 is 1.40 bits per heavy atom. The van der Waals surface area contributed by atoms with Crippen molar-refractivity contribution in [1.29, 1.82) is 0 Å². The molecular formula is C15H20N4O. The van der Waals surface area contributed by atoms with Gasteiger partial charge in [-0.25, -0.2) is 0 Å². The van der Waals surface area contributed by atoms with E-state index in [1.165, 1.54) is 0 Å². The molecule has 2 rings (SSSR count). The fraction of sp³-hybridized carbons (Fsp3) is 0.333. The predicted molar refractivity (Wildman–Crippen MR) is 79.3 cm³/mol. The zero-order chi connectivity index (χ0) is 14.7. The average molecular weight is 272 g/mol. The number of aromatic nitrogens is 2. The Labute approximate surface area is 118 Å². The van der Waals surface area contributed by atoms with E-state index in [-0.39, 0.29) is 11.9 Å². The zero-order valence-electron chi connectivity index (χ0n) is 12.1. The number of nitrogens with zero attached hydrogens (tertiary/aromatic N) is 2. The standard InChI is InChI=1S/C15H20N4O/c1-4-12-13(16)14(19(3)18-12)15(20)17-10(2)11-8-6-5-7-9-11/h5-10H,4,16H2,1-3H3,(H,17,20). The summed E-state index contributed by atoms with van der Waals surface area (Å²) in [7, 11) is 1.73. The van der Waals surface area contributed by atoms with Crippen LogP contribution in [0.4, 0.5) is 5.69 Å². The number of rotatable bonds is 4. The Kier molecular flexibility index (Phi) is 4.08. The van der Waals surface area contributed by atoms with Crippen molar-refractivity contribution < 1.29 is 4.79 Å². The summed E-state index contributed by atoms with van der Waals surface area (Å²) >= 11 is 0. The fourth-order valence-electron chi connectivity index (χ4n) is 2.22. The molecule has 1 aromatic heterocycles. The quantitative estimate of drug-likeness (QED) is 0.894. The molecule has 1 atom stereocenters. The minimum Gasteiger partial charge on any atom is -0.395 e. The lowest BCUT2D eigenvalue weighted by Gasteiger charge is -2.14.